The molecule has 0 spiro atoms. The molecule has 2 nitrogen and oxygen atoms in total. The van der Waals surface area contributed by atoms with Gasteiger partial charge in [0.25, 0.3) is 0 Å². The summed E-state index contributed by atoms with van der Waals surface area (Å²) in [6.07, 6.45) is 5.41. The first kappa shape index (κ1) is 15.0. The third-order valence-corrected chi connectivity index (χ3v) is 4.08. The summed E-state index contributed by atoms with van der Waals surface area (Å²) in [5.74, 6) is 1.65. The Bertz CT molecular complexity index is 209. The van der Waals surface area contributed by atoms with E-state index in [-0.39, 0.29) is 5.60 Å². The Morgan fingerprint density at radius 3 is 2.18 bits per heavy atom. The smallest absolute Gasteiger partial charge is 0.0779 e. The summed E-state index contributed by atoms with van der Waals surface area (Å²) in [6.45, 7) is 13.3. The van der Waals surface area contributed by atoms with E-state index in [0.29, 0.717) is 6.10 Å². The normalized spacial score (nSPS) is 33.4. The van der Waals surface area contributed by atoms with Crippen molar-refractivity contribution in [1.29, 1.82) is 0 Å². The molecule has 0 amide bonds. The first-order valence-electron chi connectivity index (χ1n) is 7.37. The van der Waals surface area contributed by atoms with E-state index in [1.807, 2.05) is 0 Å². The maximum atomic E-state index is 6.41. The second-order valence-corrected chi connectivity index (χ2v) is 6.24. The number of hydrogen-bond acceptors (Lipinski definition) is 2. The monoisotopic (exact) mass is 241 g/mol. The minimum Gasteiger partial charge on any atom is -0.371 e. The molecule has 0 aromatic rings. The number of nitrogens with one attached hydrogen (secondary N) is 1. The maximum Gasteiger partial charge on any atom is 0.0779 e. The third kappa shape index (κ3) is 4.97. The quantitative estimate of drug-likeness (QED) is 0.767. The van der Waals surface area contributed by atoms with E-state index in [9.17, 15) is 0 Å². The summed E-state index contributed by atoms with van der Waals surface area (Å²) in [5, 5.41) is 3.43. The van der Waals surface area contributed by atoms with Gasteiger partial charge in [-0.05, 0) is 51.0 Å². The fraction of sp³-hybridized carbons (Fsp3) is 1.00. The molecule has 0 heterocycles. The van der Waals surface area contributed by atoms with Gasteiger partial charge in [-0.2, -0.15) is 0 Å². The highest BCUT2D eigenvalue weighted by atomic mass is 16.5. The van der Waals surface area contributed by atoms with E-state index in [1.54, 1.807) is 0 Å². The van der Waals surface area contributed by atoms with E-state index in [0.717, 1.165) is 31.3 Å². The van der Waals surface area contributed by atoms with Crippen molar-refractivity contribution in [2.45, 2.75) is 72.0 Å². The molecule has 0 aromatic carbocycles. The van der Waals surface area contributed by atoms with Crippen molar-refractivity contribution in [2.75, 3.05) is 13.1 Å². The van der Waals surface area contributed by atoms with Crippen molar-refractivity contribution >= 4 is 0 Å². The van der Waals surface area contributed by atoms with Crippen molar-refractivity contribution in [3.8, 4) is 0 Å². The Hall–Kier alpha value is -0.0800. The fourth-order valence-corrected chi connectivity index (χ4v) is 3.01. The summed E-state index contributed by atoms with van der Waals surface area (Å²) < 4.78 is 6.41. The van der Waals surface area contributed by atoms with Gasteiger partial charge in [0.05, 0.1) is 11.7 Å². The molecule has 1 N–H and O–H groups in total. The van der Waals surface area contributed by atoms with Crippen LogP contribution in [0.4, 0.5) is 0 Å². The van der Waals surface area contributed by atoms with Gasteiger partial charge in [-0.1, -0.05) is 27.7 Å². The highest BCUT2D eigenvalue weighted by Crippen LogP contribution is 2.33. The van der Waals surface area contributed by atoms with E-state index in [4.69, 9.17) is 4.74 Å². The lowest BCUT2D eigenvalue weighted by Gasteiger charge is -2.38. The lowest BCUT2D eigenvalue weighted by atomic mass is 9.81. The van der Waals surface area contributed by atoms with Crippen LogP contribution in [0.3, 0.4) is 0 Å². The SMILES string of the molecule is CCNCC(C)(CC)OC1CC(C)CC(C)C1. The summed E-state index contributed by atoms with van der Waals surface area (Å²) in [7, 11) is 0. The van der Waals surface area contributed by atoms with Crippen molar-refractivity contribution in [1.82, 2.24) is 5.32 Å². The zero-order valence-electron chi connectivity index (χ0n) is 12.4. The molecule has 1 aliphatic rings. The topological polar surface area (TPSA) is 21.3 Å². The first-order chi connectivity index (χ1) is 7.99. The van der Waals surface area contributed by atoms with Gasteiger partial charge in [0, 0.05) is 6.54 Å². The van der Waals surface area contributed by atoms with Crippen molar-refractivity contribution in [2.24, 2.45) is 11.8 Å². The lowest BCUT2D eigenvalue weighted by Crippen LogP contribution is -2.44. The molecular formula is C15H31NO. The van der Waals surface area contributed by atoms with Crippen LogP contribution in [-0.2, 0) is 4.74 Å². The van der Waals surface area contributed by atoms with E-state index < -0.39 is 0 Å². The second kappa shape index (κ2) is 6.75. The molecule has 0 bridgehead atoms. The van der Waals surface area contributed by atoms with Gasteiger partial charge in [-0.15, -0.1) is 0 Å². The van der Waals surface area contributed by atoms with Gasteiger partial charge in [-0.3, -0.25) is 0 Å². The van der Waals surface area contributed by atoms with Crippen LogP contribution in [0.1, 0.15) is 60.3 Å². The zero-order valence-corrected chi connectivity index (χ0v) is 12.4. The number of ether oxygens (including phenoxy) is 1. The molecule has 0 aromatic heterocycles. The Morgan fingerprint density at radius 1 is 1.12 bits per heavy atom. The second-order valence-electron chi connectivity index (χ2n) is 6.24. The molecule has 0 saturated heterocycles. The summed E-state index contributed by atoms with van der Waals surface area (Å²) in [4.78, 5) is 0. The molecule has 17 heavy (non-hydrogen) atoms. The molecule has 0 radical (unpaired) electrons. The predicted octanol–water partition coefficient (Wildman–Crippen LogP) is 3.61. The summed E-state index contributed by atoms with van der Waals surface area (Å²) >= 11 is 0. The Kier molecular flexibility index (Phi) is 5.94. The molecule has 0 aliphatic heterocycles. The zero-order chi connectivity index (χ0) is 12.9. The van der Waals surface area contributed by atoms with Crippen LogP contribution in [0.2, 0.25) is 0 Å². The van der Waals surface area contributed by atoms with Gasteiger partial charge in [0.2, 0.25) is 0 Å². The number of likely N-dealkylation sites (N-methyl/N-ethyl adjacent to an activating group) is 1. The van der Waals surface area contributed by atoms with E-state index in [2.05, 4.69) is 39.9 Å². The average Bonchev–Trinajstić information content (AvgIpc) is 2.25. The van der Waals surface area contributed by atoms with Gasteiger partial charge >= 0.3 is 0 Å². The van der Waals surface area contributed by atoms with Gasteiger partial charge in [-0.25, -0.2) is 0 Å². The van der Waals surface area contributed by atoms with Crippen LogP contribution in [-0.4, -0.2) is 24.8 Å². The van der Waals surface area contributed by atoms with Crippen molar-refractivity contribution in [3.63, 3.8) is 0 Å². The van der Waals surface area contributed by atoms with E-state index in [1.165, 1.54) is 19.3 Å². The highest BCUT2D eigenvalue weighted by molar-refractivity contribution is 4.82. The maximum absolute atomic E-state index is 6.41. The molecule has 2 heteroatoms. The first-order valence-corrected chi connectivity index (χ1v) is 7.37. The molecule has 3 unspecified atom stereocenters. The largest absolute Gasteiger partial charge is 0.371 e. The van der Waals surface area contributed by atoms with Crippen LogP contribution >= 0.6 is 0 Å². The minimum atomic E-state index is 0.0114. The van der Waals surface area contributed by atoms with E-state index >= 15 is 0 Å². The van der Waals surface area contributed by atoms with Crippen LogP contribution < -0.4 is 5.32 Å². The van der Waals surface area contributed by atoms with Crippen LogP contribution in [0.5, 0.6) is 0 Å². The van der Waals surface area contributed by atoms with Gasteiger partial charge < -0.3 is 10.1 Å². The molecule has 1 aliphatic carbocycles. The standard InChI is InChI=1S/C15H31NO/c1-6-15(5,11-16-7-2)17-14-9-12(3)8-13(4)10-14/h12-14,16H,6-11H2,1-5H3. The number of rotatable bonds is 6. The molecule has 1 saturated carbocycles. The van der Waals surface area contributed by atoms with Crippen molar-refractivity contribution < 1.29 is 4.74 Å². The lowest BCUT2D eigenvalue weighted by molar-refractivity contribution is -0.107. The third-order valence-electron chi connectivity index (χ3n) is 4.08. The molecule has 102 valence electrons. The van der Waals surface area contributed by atoms with Crippen LogP contribution in [0.25, 0.3) is 0 Å². The Morgan fingerprint density at radius 2 is 1.71 bits per heavy atom. The molecular weight excluding hydrogens is 210 g/mol. The van der Waals surface area contributed by atoms with Crippen LogP contribution in [0, 0.1) is 11.8 Å². The Balaban J connectivity index is 2.48. The van der Waals surface area contributed by atoms with Crippen LogP contribution in [0.15, 0.2) is 0 Å². The Labute approximate surface area is 108 Å². The molecule has 3 atom stereocenters. The molecule has 1 fully saturated rings. The summed E-state index contributed by atoms with van der Waals surface area (Å²) in [5.41, 5.74) is 0.0114. The molecule has 1 rings (SSSR count). The number of hydrogen-bond donors (Lipinski definition) is 1. The predicted molar refractivity (Wildman–Crippen MR) is 74.3 cm³/mol. The average molecular weight is 241 g/mol. The summed E-state index contributed by atoms with van der Waals surface area (Å²) in [6, 6.07) is 0. The van der Waals surface area contributed by atoms with Gasteiger partial charge in [0.1, 0.15) is 0 Å². The fourth-order valence-electron chi connectivity index (χ4n) is 3.01. The van der Waals surface area contributed by atoms with Gasteiger partial charge in [0.15, 0.2) is 0 Å². The highest BCUT2D eigenvalue weighted by Gasteiger charge is 2.31. The van der Waals surface area contributed by atoms with Crippen molar-refractivity contribution in [3.05, 3.63) is 0 Å². The minimum absolute atomic E-state index is 0.0114.